The van der Waals surface area contributed by atoms with Crippen molar-refractivity contribution in [1.29, 1.82) is 0 Å². The van der Waals surface area contributed by atoms with Crippen molar-refractivity contribution >= 4 is 28.7 Å². The Morgan fingerprint density at radius 2 is 2.11 bits per heavy atom. The minimum absolute atomic E-state index is 0.0616. The molecule has 0 aliphatic rings. The molecule has 27 heavy (non-hydrogen) atoms. The van der Waals surface area contributed by atoms with E-state index in [0.29, 0.717) is 24.0 Å². The number of hydrogen-bond acceptors (Lipinski definition) is 4. The van der Waals surface area contributed by atoms with Crippen molar-refractivity contribution in [3.05, 3.63) is 75.9 Å². The molecule has 0 saturated heterocycles. The molecule has 7 nitrogen and oxygen atoms in total. The molecule has 0 unspecified atom stereocenters. The molecule has 1 N–H and O–H groups in total. The molecule has 0 aliphatic carbocycles. The van der Waals surface area contributed by atoms with Gasteiger partial charge in [-0.3, -0.25) is 14.9 Å². The Balaban J connectivity index is 1.60. The Kier molecular flexibility index (Phi) is 5.25. The number of fused-ring (bicyclic) bond motifs is 1. The number of benzene rings is 2. The van der Waals surface area contributed by atoms with Crippen LogP contribution in [0.1, 0.15) is 11.4 Å². The summed E-state index contributed by atoms with van der Waals surface area (Å²) in [4.78, 5) is 26.8. The lowest BCUT2D eigenvalue weighted by Gasteiger charge is -2.03. The fraction of sp³-hybridized carbons (Fsp3) is 0.158. The van der Waals surface area contributed by atoms with Gasteiger partial charge in [0.2, 0.25) is 5.91 Å². The van der Waals surface area contributed by atoms with Gasteiger partial charge in [0.1, 0.15) is 11.6 Å². The maximum Gasteiger partial charge on any atom is 0.276 e. The molecule has 2 aromatic carbocycles. The van der Waals surface area contributed by atoms with Crippen molar-refractivity contribution < 1.29 is 14.1 Å². The van der Waals surface area contributed by atoms with Crippen LogP contribution in [0.25, 0.3) is 17.1 Å². The average Bonchev–Trinajstić information content (AvgIpc) is 2.95. The van der Waals surface area contributed by atoms with Gasteiger partial charge >= 0.3 is 0 Å². The number of carbonyl (C=O) groups is 1. The number of nitro benzene ring substituents is 1. The van der Waals surface area contributed by atoms with Gasteiger partial charge in [-0.1, -0.05) is 12.1 Å². The standard InChI is InChI=1S/C19H17FN4O3/c1-23-17-8-7-14(20)12-15(17)22-18(23)10-11-21-19(25)9-6-13-4-2-3-5-16(13)24(26)27/h2-9,12H,10-11H2,1H3,(H,21,25). The maximum atomic E-state index is 13.3. The van der Waals surface area contributed by atoms with E-state index in [1.54, 1.807) is 24.3 Å². The zero-order valence-electron chi connectivity index (χ0n) is 14.6. The Morgan fingerprint density at radius 1 is 1.33 bits per heavy atom. The topological polar surface area (TPSA) is 90.1 Å². The quantitative estimate of drug-likeness (QED) is 0.411. The van der Waals surface area contributed by atoms with E-state index in [1.165, 1.54) is 30.4 Å². The highest BCUT2D eigenvalue weighted by molar-refractivity contribution is 5.92. The molecule has 3 aromatic rings. The summed E-state index contributed by atoms with van der Waals surface area (Å²) in [6.07, 6.45) is 3.13. The van der Waals surface area contributed by atoms with Crippen LogP contribution in [0.2, 0.25) is 0 Å². The second kappa shape index (κ2) is 7.77. The lowest BCUT2D eigenvalue weighted by molar-refractivity contribution is -0.385. The predicted octanol–water partition coefficient (Wildman–Crippen LogP) is 2.99. The Labute approximate surface area is 154 Å². The van der Waals surface area contributed by atoms with Crippen LogP contribution in [0.4, 0.5) is 10.1 Å². The number of aryl methyl sites for hydroxylation is 1. The highest BCUT2D eigenvalue weighted by Crippen LogP contribution is 2.19. The van der Waals surface area contributed by atoms with Crippen LogP contribution < -0.4 is 5.32 Å². The number of imidazole rings is 1. The van der Waals surface area contributed by atoms with Gasteiger partial charge in [-0.2, -0.15) is 0 Å². The number of para-hydroxylation sites is 1. The molecule has 1 aromatic heterocycles. The Morgan fingerprint density at radius 3 is 2.89 bits per heavy atom. The highest BCUT2D eigenvalue weighted by Gasteiger charge is 2.10. The van der Waals surface area contributed by atoms with E-state index in [0.717, 1.165) is 11.3 Å². The third-order valence-corrected chi connectivity index (χ3v) is 4.13. The van der Waals surface area contributed by atoms with E-state index in [9.17, 15) is 19.3 Å². The van der Waals surface area contributed by atoms with E-state index in [4.69, 9.17) is 0 Å². The van der Waals surface area contributed by atoms with Crippen molar-refractivity contribution in [3.63, 3.8) is 0 Å². The summed E-state index contributed by atoms with van der Waals surface area (Å²) in [7, 11) is 1.83. The van der Waals surface area contributed by atoms with Crippen LogP contribution in [0.15, 0.2) is 48.5 Å². The monoisotopic (exact) mass is 368 g/mol. The van der Waals surface area contributed by atoms with Crippen LogP contribution in [0.5, 0.6) is 0 Å². The lowest BCUT2D eigenvalue weighted by atomic mass is 10.1. The summed E-state index contributed by atoms with van der Waals surface area (Å²) in [6, 6.07) is 10.6. The van der Waals surface area contributed by atoms with Gasteiger partial charge in [0, 0.05) is 38.2 Å². The number of aromatic nitrogens is 2. The van der Waals surface area contributed by atoms with Gasteiger partial charge < -0.3 is 9.88 Å². The average molecular weight is 368 g/mol. The van der Waals surface area contributed by atoms with Crippen LogP contribution in [-0.4, -0.2) is 26.9 Å². The van der Waals surface area contributed by atoms with Crippen molar-refractivity contribution in [1.82, 2.24) is 14.9 Å². The maximum absolute atomic E-state index is 13.3. The fourth-order valence-electron chi connectivity index (χ4n) is 2.76. The van der Waals surface area contributed by atoms with E-state index in [1.807, 2.05) is 11.6 Å². The molecule has 1 heterocycles. The smallest absolute Gasteiger partial charge is 0.276 e. The molecule has 3 rings (SSSR count). The van der Waals surface area contributed by atoms with Crippen LogP contribution in [0, 0.1) is 15.9 Å². The van der Waals surface area contributed by atoms with Crippen molar-refractivity contribution in [2.24, 2.45) is 7.05 Å². The molecular weight excluding hydrogens is 351 g/mol. The summed E-state index contributed by atoms with van der Waals surface area (Å²) < 4.78 is 15.1. The first-order valence-corrected chi connectivity index (χ1v) is 8.26. The van der Waals surface area contributed by atoms with Crippen molar-refractivity contribution in [2.45, 2.75) is 6.42 Å². The second-order valence-corrected chi connectivity index (χ2v) is 5.91. The number of hydrogen-bond donors (Lipinski definition) is 1. The zero-order chi connectivity index (χ0) is 19.4. The molecule has 0 aliphatic heterocycles. The number of carbonyl (C=O) groups excluding carboxylic acids is 1. The number of amides is 1. The molecule has 8 heteroatoms. The first kappa shape index (κ1) is 18.2. The predicted molar refractivity (Wildman–Crippen MR) is 99.5 cm³/mol. The molecule has 0 saturated carbocycles. The van der Waals surface area contributed by atoms with Crippen molar-refractivity contribution in [3.8, 4) is 0 Å². The SMILES string of the molecule is Cn1c(CCNC(=O)C=Cc2ccccc2[N+](=O)[O-])nc2cc(F)ccc21. The first-order valence-electron chi connectivity index (χ1n) is 8.26. The summed E-state index contributed by atoms with van der Waals surface area (Å²) >= 11 is 0. The van der Waals surface area contributed by atoms with Gasteiger partial charge in [0.25, 0.3) is 5.69 Å². The fourth-order valence-corrected chi connectivity index (χ4v) is 2.76. The Hall–Kier alpha value is -3.55. The molecular formula is C19H17FN4O3. The summed E-state index contributed by atoms with van der Waals surface area (Å²) in [5.74, 6) is 0.0112. The molecule has 0 radical (unpaired) electrons. The van der Waals surface area contributed by atoms with Gasteiger partial charge in [-0.25, -0.2) is 9.37 Å². The third kappa shape index (κ3) is 4.17. The molecule has 1 amide bonds. The van der Waals surface area contributed by atoms with Gasteiger partial charge in [0.05, 0.1) is 21.5 Å². The summed E-state index contributed by atoms with van der Waals surface area (Å²) in [5.41, 5.74) is 1.67. The summed E-state index contributed by atoms with van der Waals surface area (Å²) in [6.45, 7) is 0.333. The molecule has 138 valence electrons. The largest absolute Gasteiger partial charge is 0.352 e. The number of nitrogens with one attached hydrogen (secondary N) is 1. The van der Waals surface area contributed by atoms with Crippen LogP contribution in [0.3, 0.4) is 0 Å². The van der Waals surface area contributed by atoms with Gasteiger partial charge in [0.15, 0.2) is 0 Å². The minimum atomic E-state index is -0.494. The number of halogens is 1. The number of nitro groups is 1. The molecule has 0 spiro atoms. The lowest BCUT2D eigenvalue weighted by Crippen LogP contribution is -2.24. The van der Waals surface area contributed by atoms with Crippen LogP contribution in [-0.2, 0) is 18.3 Å². The highest BCUT2D eigenvalue weighted by atomic mass is 19.1. The Bertz CT molecular complexity index is 1040. The summed E-state index contributed by atoms with van der Waals surface area (Å²) in [5, 5.41) is 13.7. The number of rotatable bonds is 6. The first-order chi connectivity index (χ1) is 13.0. The third-order valence-electron chi connectivity index (χ3n) is 4.13. The van der Waals surface area contributed by atoms with E-state index in [-0.39, 0.29) is 17.4 Å². The van der Waals surface area contributed by atoms with Crippen molar-refractivity contribution in [2.75, 3.05) is 6.54 Å². The normalized spacial score (nSPS) is 11.2. The van der Waals surface area contributed by atoms with Gasteiger partial charge in [-0.05, 0) is 24.3 Å². The van der Waals surface area contributed by atoms with E-state index < -0.39 is 4.92 Å². The second-order valence-electron chi connectivity index (χ2n) is 5.91. The molecule has 0 fully saturated rings. The molecule has 0 atom stereocenters. The van der Waals surface area contributed by atoms with Crippen LogP contribution >= 0.6 is 0 Å². The number of nitrogens with zero attached hydrogens (tertiary/aromatic N) is 3. The van der Waals surface area contributed by atoms with Gasteiger partial charge in [-0.15, -0.1) is 0 Å². The molecule has 0 bridgehead atoms. The minimum Gasteiger partial charge on any atom is -0.352 e. The zero-order valence-corrected chi connectivity index (χ0v) is 14.6. The van der Waals surface area contributed by atoms with E-state index >= 15 is 0 Å². The van der Waals surface area contributed by atoms with E-state index in [2.05, 4.69) is 10.3 Å².